The normalized spacial score (nSPS) is 11.9. The van der Waals surface area contributed by atoms with Gasteiger partial charge in [-0.05, 0) is 63.1 Å². The number of ether oxygens (including phenoxy) is 1. The van der Waals surface area contributed by atoms with E-state index in [9.17, 15) is 18.0 Å². The highest BCUT2D eigenvalue weighted by atomic mass is 32.2. The summed E-state index contributed by atoms with van der Waals surface area (Å²) < 4.78 is 35.5. The predicted molar refractivity (Wildman–Crippen MR) is 178 cm³/mol. The van der Waals surface area contributed by atoms with Crippen molar-refractivity contribution in [3.63, 3.8) is 0 Å². The molecule has 2 amide bonds. The van der Waals surface area contributed by atoms with Gasteiger partial charge in [-0.15, -0.1) is 0 Å². The van der Waals surface area contributed by atoms with Gasteiger partial charge in [0, 0.05) is 19.0 Å². The molecule has 0 aromatic heterocycles. The molecule has 4 aromatic rings. The lowest BCUT2D eigenvalue weighted by atomic mass is 10.0. The number of benzene rings is 4. The summed E-state index contributed by atoms with van der Waals surface area (Å²) in [5.41, 5.74) is 2.82. The highest BCUT2D eigenvalue weighted by molar-refractivity contribution is 7.92. The molecule has 1 N–H and O–H groups in total. The lowest BCUT2D eigenvalue weighted by molar-refractivity contribution is -0.140. The number of sulfonamides is 1. The van der Waals surface area contributed by atoms with Crippen molar-refractivity contribution >= 4 is 27.5 Å². The Balaban J connectivity index is 1.83. The van der Waals surface area contributed by atoms with E-state index in [-0.39, 0.29) is 35.5 Å². The molecule has 0 aliphatic carbocycles. The van der Waals surface area contributed by atoms with E-state index < -0.39 is 28.5 Å². The Morgan fingerprint density at radius 2 is 1.38 bits per heavy atom. The van der Waals surface area contributed by atoms with E-state index in [0.717, 1.165) is 21.0 Å². The molecule has 0 bridgehead atoms. The molecule has 0 aliphatic rings. The zero-order valence-corrected chi connectivity index (χ0v) is 27.0. The van der Waals surface area contributed by atoms with Gasteiger partial charge in [0.15, 0.2) is 0 Å². The zero-order valence-electron chi connectivity index (χ0n) is 26.2. The number of rotatable bonds is 14. The van der Waals surface area contributed by atoms with E-state index in [1.165, 1.54) is 17.0 Å². The average Bonchev–Trinajstić information content (AvgIpc) is 3.03. The molecule has 9 heteroatoms. The van der Waals surface area contributed by atoms with Gasteiger partial charge in [0.1, 0.15) is 18.3 Å². The maximum Gasteiger partial charge on any atom is 0.264 e. The number of nitrogens with zero attached hydrogens (tertiary/aromatic N) is 2. The number of carbonyl (C=O) groups excluding carboxylic acids is 2. The van der Waals surface area contributed by atoms with Gasteiger partial charge in [-0.3, -0.25) is 13.9 Å². The first-order valence-electron chi connectivity index (χ1n) is 15.1. The summed E-state index contributed by atoms with van der Waals surface area (Å²) in [6.45, 7) is 7.27. The molecule has 1 atom stereocenters. The molecule has 0 heterocycles. The average molecular weight is 628 g/mol. The second kappa shape index (κ2) is 15.4. The van der Waals surface area contributed by atoms with Crippen molar-refractivity contribution in [2.24, 2.45) is 0 Å². The maximum atomic E-state index is 14.6. The van der Waals surface area contributed by atoms with E-state index in [1.54, 1.807) is 36.4 Å². The third-order valence-electron chi connectivity index (χ3n) is 7.22. The SMILES string of the molecule is CCOc1ccccc1N(CC(=O)N(Cc1ccccc1)[C@H](Cc1ccccc1)C(=O)NC(C)C)S(=O)(=O)c1ccc(C)cc1. The van der Waals surface area contributed by atoms with Crippen molar-refractivity contribution in [2.45, 2.75) is 57.6 Å². The van der Waals surface area contributed by atoms with Crippen LogP contribution in [0.4, 0.5) is 5.69 Å². The number of anilines is 1. The largest absolute Gasteiger partial charge is 0.492 e. The van der Waals surface area contributed by atoms with Crippen LogP contribution >= 0.6 is 0 Å². The number of carbonyl (C=O) groups is 2. The second-order valence-electron chi connectivity index (χ2n) is 11.1. The zero-order chi connectivity index (χ0) is 32.4. The van der Waals surface area contributed by atoms with Crippen molar-refractivity contribution in [3.8, 4) is 5.75 Å². The monoisotopic (exact) mass is 627 g/mol. The summed E-state index contributed by atoms with van der Waals surface area (Å²) >= 11 is 0. The fourth-order valence-corrected chi connectivity index (χ4v) is 6.43. The molecule has 0 unspecified atom stereocenters. The molecule has 4 rings (SSSR count). The van der Waals surface area contributed by atoms with Gasteiger partial charge in [0.05, 0.1) is 17.2 Å². The third kappa shape index (κ3) is 8.73. The molecular weight excluding hydrogens is 586 g/mol. The maximum absolute atomic E-state index is 14.6. The topological polar surface area (TPSA) is 96.0 Å². The quantitative estimate of drug-likeness (QED) is 0.192. The van der Waals surface area contributed by atoms with Gasteiger partial charge in [-0.25, -0.2) is 8.42 Å². The van der Waals surface area contributed by atoms with Crippen LogP contribution in [-0.4, -0.2) is 50.4 Å². The smallest absolute Gasteiger partial charge is 0.264 e. The summed E-state index contributed by atoms with van der Waals surface area (Å²) in [4.78, 5) is 29.9. The van der Waals surface area contributed by atoms with Crippen molar-refractivity contribution in [2.75, 3.05) is 17.5 Å². The lowest BCUT2D eigenvalue weighted by Crippen LogP contribution is -2.54. The number of hydrogen-bond donors (Lipinski definition) is 1. The van der Waals surface area contributed by atoms with Crippen molar-refractivity contribution in [3.05, 3.63) is 126 Å². The number of aryl methyl sites for hydroxylation is 1. The Morgan fingerprint density at radius 1 is 0.800 bits per heavy atom. The Hall–Kier alpha value is -4.63. The van der Waals surface area contributed by atoms with Crippen molar-refractivity contribution < 1.29 is 22.7 Å². The molecule has 45 heavy (non-hydrogen) atoms. The highest BCUT2D eigenvalue weighted by Crippen LogP contribution is 2.33. The molecule has 0 saturated carbocycles. The van der Waals surface area contributed by atoms with Crippen LogP contribution in [0.3, 0.4) is 0 Å². The number of para-hydroxylation sites is 2. The Bertz CT molecular complexity index is 1660. The first kappa shape index (κ1) is 33.3. The van der Waals surface area contributed by atoms with Gasteiger partial charge in [0.25, 0.3) is 10.0 Å². The van der Waals surface area contributed by atoms with Gasteiger partial charge in [0.2, 0.25) is 11.8 Å². The van der Waals surface area contributed by atoms with Crippen molar-refractivity contribution in [1.82, 2.24) is 10.2 Å². The first-order chi connectivity index (χ1) is 21.6. The van der Waals surface area contributed by atoms with Crippen molar-refractivity contribution in [1.29, 1.82) is 0 Å². The standard InChI is InChI=1S/C36H41N3O5S/c1-5-44-34-19-13-12-18-32(34)39(45(42,43)31-22-20-28(4)21-23-31)26-35(40)38(25-30-16-10-7-11-17-30)33(36(41)37-27(2)3)24-29-14-8-6-9-15-29/h6-23,27,33H,5,24-26H2,1-4H3,(H,37,41)/t33-/m1/s1. The summed E-state index contributed by atoms with van der Waals surface area (Å²) in [6.07, 6.45) is 0.248. The summed E-state index contributed by atoms with van der Waals surface area (Å²) in [5, 5.41) is 2.97. The lowest BCUT2D eigenvalue weighted by Gasteiger charge is -2.34. The molecule has 236 valence electrons. The minimum Gasteiger partial charge on any atom is -0.492 e. The Morgan fingerprint density at radius 3 is 1.98 bits per heavy atom. The van der Waals surface area contributed by atoms with Crippen LogP contribution in [0.15, 0.2) is 114 Å². The van der Waals surface area contributed by atoms with E-state index >= 15 is 0 Å². The minimum absolute atomic E-state index is 0.0418. The Labute approximate surface area is 266 Å². The third-order valence-corrected chi connectivity index (χ3v) is 8.99. The molecular formula is C36H41N3O5S. The highest BCUT2D eigenvalue weighted by Gasteiger charge is 2.35. The van der Waals surface area contributed by atoms with Gasteiger partial charge in [-0.1, -0.05) is 90.5 Å². The fraction of sp³-hybridized carbons (Fsp3) is 0.278. The van der Waals surface area contributed by atoms with Crippen LogP contribution in [-0.2, 0) is 32.6 Å². The second-order valence-corrected chi connectivity index (χ2v) is 13.0. The number of hydrogen-bond acceptors (Lipinski definition) is 5. The summed E-state index contributed by atoms with van der Waals surface area (Å²) in [7, 11) is -4.23. The van der Waals surface area contributed by atoms with E-state index in [2.05, 4.69) is 5.32 Å². The molecule has 8 nitrogen and oxygen atoms in total. The summed E-state index contributed by atoms with van der Waals surface area (Å²) in [6, 6.07) is 31.0. The molecule has 0 fully saturated rings. The van der Waals surface area contributed by atoms with E-state index in [0.29, 0.717) is 12.4 Å². The fourth-order valence-electron chi connectivity index (χ4n) is 5.01. The van der Waals surface area contributed by atoms with Crippen LogP contribution in [0.1, 0.15) is 37.5 Å². The molecule has 0 spiro atoms. The van der Waals surface area contributed by atoms with Gasteiger partial charge in [-0.2, -0.15) is 0 Å². The molecule has 4 aromatic carbocycles. The molecule has 0 saturated heterocycles. The number of amides is 2. The first-order valence-corrected chi connectivity index (χ1v) is 16.5. The van der Waals surface area contributed by atoms with Crippen LogP contribution in [0.5, 0.6) is 5.75 Å². The van der Waals surface area contributed by atoms with Gasteiger partial charge < -0.3 is 15.0 Å². The van der Waals surface area contributed by atoms with Crippen LogP contribution < -0.4 is 14.4 Å². The number of nitrogens with one attached hydrogen (secondary N) is 1. The molecule has 0 radical (unpaired) electrons. The van der Waals surface area contributed by atoms with E-state index in [4.69, 9.17) is 4.74 Å². The predicted octanol–water partition coefficient (Wildman–Crippen LogP) is 5.75. The molecule has 0 aliphatic heterocycles. The van der Waals surface area contributed by atoms with Crippen LogP contribution in [0.25, 0.3) is 0 Å². The van der Waals surface area contributed by atoms with Gasteiger partial charge >= 0.3 is 0 Å². The minimum atomic E-state index is -4.23. The van der Waals surface area contributed by atoms with Crippen LogP contribution in [0, 0.1) is 6.92 Å². The van der Waals surface area contributed by atoms with E-state index in [1.807, 2.05) is 88.4 Å². The summed E-state index contributed by atoms with van der Waals surface area (Å²) in [5.74, 6) is -0.516. The van der Waals surface area contributed by atoms with Crippen LogP contribution in [0.2, 0.25) is 0 Å². The Kier molecular flexibility index (Phi) is 11.4.